The van der Waals surface area contributed by atoms with Crippen LogP contribution < -0.4 is 20.7 Å². The molecule has 7 heteroatoms. The lowest BCUT2D eigenvalue weighted by Crippen LogP contribution is -2.75. The van der Waals surface area contributed by atoms with E-state index >= 15 is 4.39 Å². The lowest BCUT2D eigenvalue weighted by molar-refractivity contribution is 0.583. The van der Waals surface area contributed by atoms with Crippen LogP contribution in [0.5, 0.6) is 0 Å². The summed E-state index contributed by atoms with van der Waals surface area (Å²) < 4.78 is 87.5. The summed E-state index contributed by atoms with van der Waals surface area (Å²) in [4.78, 5) is 0. The third-order valence-corrected chi connectivity index (χ3v) is 13.6. The Labute approximate surface area is 280 Å². The van der Waals surface area contributed by atoms with E-state index in [4.69, 9.17) is 0 Å². The maximum absolute atomic E-state index is 16.2. The van der Waals surface area contributed by atoms with Gasteiger partial charge in [0, 0.05) is 17.7 Å². The highest BCUT2D eigenvalue weighted by atomic mass is 28.3. The molecule has 0 nitrogen and oxygen atoms in total. The lowest BCUT2D eigenvalue weighted by Gasteiger charge is -2.35. The summed E-state index contributed by atoms with van der Waals surface area (Å²) in [5.41, 5.74) is 2.90. The molecule has 7 aromatic rings. The van der Waals surface area contributed by atoms with Crippen LogP contribution in [0.25, 0.3) is 33.4 Å². The van der Waals surface area contributed by atoms with E-state index in [1.807, 2.05) is 48.5 Å². The Morgan fingerprint density at radius 1 is 0.306 bits per heavy atom. The molecule has 0 N–H and O–H groups in total. The average Bonchev–Trinajstić information content (AvgIpc) is 3.10. The number of hydrogen-bond donors (Lipinski definition) is 0. The van der Waals surface area contributed by atoms with Crippen LogP contribution in [0, 0.1) is 34.9 Å². The minimum absolute atomic E-state index is 0.350. The maximum atomic E-state index is 16.2. The van der Waals surface area contributed by atoms with Gasteiger partial charge in [0.2, 0.25) is 0 Å². The highest BCUT2D eigenvalue weighted by Crippen LogP contribution is 2.26. The Morgan fingerprint density at radius 2 is 0.673 bits per heavy atom. The minimum Gasteiger partial charge on any atom is -0.207 e. The molecule has 7 aromatic carbocycles. The van der Waals surface area contributed by atoms with Gasteiger partial charge < -0.3 is 0 Å². The van der Waals surface area contributed by atoms with E-state index in [2.05, 4.69) is 0 Å². The van der Waals surface area contributed by atoms with E-state index in [9.17, 15) is 22.0 Å². The molecule has 0 aliphatic heterocycles. The normalized spacial score (nSPS) is 11.5. The monoisotopic (exact) mass is 672 g/mol. The summed E-state index contributed by atoms with van der Waals surface area (Å²) >= 11 is 0. The van der Waals surface area contributed by atoms with E-state index in [0.717, 1.165) is 27.7 Å². The molecule has 0 aliphatic rings. The Hall–Kier alpha value is -5.66. The molecule has 240 valence electrons. The first-order valence-electron chi connectivity index (χ1n) is 15.5. The van der Waals surface area contributed by atoms with Gasteiger partial charge in [-0.25, -0.2) is 26.3 Å². The maximum Gasteiger partial charge on any atom is 0.182 e. The van der Waals surface area contributed by atoms with Gasteiger partial charge in [0.25, 0.3) is 0 Å². The van der Waals surface area contributed by atoms with Crippen molar-refractivity contribution in [1.29, 1.82) is 0 Å². The highest BCUT2D eigenvalue weighted by Gasteiger charge is 2.43. The van der Waals surface area contributed by atoms with Crippen LogP contribution in [-0.2, 0) is 0 Å². The summed E-state index contributed by atoms with van der Waals surface area (Å²) in [6, 6.07) is 41.3. The predicted octanol–water partition coefficient (Wildman–Crippen LogP) is 8.90. The molecular weight excluding hydrogens is 647 g/mol. The summed E-state index contributed by atoms with van der Waals surface area (Å²) in [6.07, 6.45) is 0. The number of rotatable bonds is 7. The fraction of sp³-hybridized carbons (Fsp3) is 0. The second-order valence-corrected chi connectivity index (χ2v) is 15.5. The van der Waals surface area contributed by atoms with Gasteiger partial charge in [-0.05, 0) is 85.0 Å². The van der Waals surface area contributed by atoms with Crippen LogP contribution >= 0.6 is 0 Å². The van der Waals surface area contributed by atoms with Crippen LogP contribution in [0.2, 0.25) is 0 Å². The first-order chi connectivity index (χ1) is 23.7. The first-order valence-corrected chi connectivity index (χ1v) is 17.5. The topological polar surface area (TPSA) is 0 Å². The Morgan fingerprint density at radius 3 is 1.08 bits per heavy atom. The Balaban J connectivity index is 1.47. The van der Waals surface area contributed by atoms with Gasteiger partial charge in [0.15, 0.2) is 8.07 Å². The molecule has 49 heavy (non-hydrogen) atoms. The summed E-state index contributed by atoms with van der Waals surface area (Å²) in [7, 11) is -3.54. The molecule has 0 fully saturated rings. The summed E-state index contributed by atoms with van der Waals surface area (Å²) in [6.45, 7) is 0. The van der Waals surface area contributed by atoms with Crippen LogP contribution in [0.3, 0.4) is 0 Å². The largest absolute Gasteiger partial charge is 0.207 e. The van der Waals surface area contributed by atoms with E-state index in [0.29, 0.717) is 38.6 Å². The van der Waals surface area contributed by atoms with E-state index in [1.54, 1.807) is 60.7 Å². The van der Waals surface area contributed by atoms with Crippen molar-refractivity contribution < 1.29 is 26.3 Å². The van der Waals surface area contributed by atoms with Crippen molar-refractivity contribution in [2.75, 3.05) is 0 Å². The number of benzene rings is 7. The molecule has 0 saturated carbocycles. The summed E-state index contributed by atoms with van der Waals surface area (Å²) in [5.74, 6) is -3.63. The third-order valence-electron chi connectivity index (χ3n) is 8.81. The van der Waals surface area contributed by atoms with Crippen LogP contribution in [0.4, 0.5) is 26.3 Å². The van der Waals surface area contributed by atoms with Crippen LogP contribution in [0.1, 0.15) is 0 Å². The molecule has 7 rings (SSSR count). The van der Waals surface area contributed by atoms with Gasteiger partial charge in [0.1, 0.15) is 34.9 Å². The molecule has 0 bridgehead atoms. The SMILES string of the molecule is Fc1cc(F)cc(-c2ccc([Si](c3ccc(-c4cc(F)cc(F)c4)cc3)(c3ccc(-c4ccccc4F)cc3)c3ccccc3F)cc2)c1. The van der Waals surface area contributed by atoms with Crippen molar-refractivity contribution in [3.63, 3.8) is 0 Å². The van der Waals surface area contributed by atoms with Gasteiger partial charge in [-0.3, -0.25) is 0 Å². The fourth-order valence-corrected chi connectivity index (χ4v) is 11.3. The quantitative estimate of drug-likeness (QED) is 0.0902. The van der Waals surface area contributed by atoms with Gasteiger partial charge in [-0.2, -0.15) is 0 Å². The van der Waals surface area contributed by atoms with E-state index < -0.39 is 37.2 Å². The average molecular weight is 673 g/mol. The second kappa shape index (κ2) is 13.1. The zero-order valence-corrected chi connectivity index (χ0v) is 26.8. The molecule has 0 spiro atoms. The van der Waals surface area contributed by atoms with E-state index in [-0.39, 0.29) is 5.82 Å². The summed E-state index contributed by atoms with van der Waals surface area (Å²) in [5, 5.41) is 2.76. The van der Waals surface area contributed by atoms with Crippen molar-refractivity contribution in [3.05, 3.63) is 193 Å². The molecule has 0 atom stereocenters. The fourth-order valence-electron chi connectivity index (χ4n) is 6.59. The minimum atomic E-state index is -3.54. The molecule has 0 heterocycles. The molecule has 0 unspecified atom stereocenters. The van der Waals surface area contributed by atoms with Gasteiger partial charge >= 0.3 is 0 Å². The molecule has 0 aromatic heterocycles. The molecule has 0 saturated heterocycles. The zero-order valence-electron chi connectivity index (χ0n) is 25.8. The number of hydrogen-bond acceptors (Lipinski definition) is 0. The molecule has 0 aliphatic carbocycles. The van der Waals surface area contributed by atoms with Crippen molar-refractivity contribution in [3.8, 4) is 33.4 Å². The Bertz CT molecular complexity index is 2150. The third kappa shape index (κ3) is 6.09. The van der Waals surface area contributed by atoms with Crippen molar-refractivity contribution >= 4 is 28.8 Å². The van der Waals surface area contributed by atoms with Crippen molar-refractivity contribution in [2.24, 2.45) is 0 Å². The van der Waals surface area contributed by atoms with Gasteiger partial charge in [-0.15, -0.1) is 0 Å². The van der Waals surface area contributed by atoms with Crippen molar-refractivity contribution in [2.45, 2.75) is 0 Å². The van der Waals surface area contributed by atoms with Gasteiger partial charge in [0.05, 0.1) is 0 Å². The molecule has 0 amide bonds. The molecule has 0 radical (unpaired) electrons. The predicted molar refractivity (Wildman–Crippen MR) is 186 cm³/mol. The number of halogens is 6. The highest BCUT2D eigenvalue weighted by molar-refractivity contribution is 7.20. The standard InChI is InChI=1S/C42H26F6Si/c43-32-21-30(22-33(44)25-32)27-9-15-36(16-10-27)49(42-8-4-3-7-41(42)48,38-19-13-29(14-20-38)39-5-1-2-6-40(39)47)37-17-11-28(12-18-37)31-23-34(45)26-35(46)24-31/h1-26H. The lowest BCUT2D eigenvalue weighted by atomic mass is 10.1. The van der Waals surface area contributed by atoms with E-state index in [1.165, 1.54) is 36.4 Å². The smallest absolute Gasteiger partial charge is 0.182 e. The zero-order chi connectivity index (χ0) is 34.1. The van der Waals surface area contributed by atoms with Crippen molar-refractivity contribution in [1.82, 2.24) is 0 Å². The second-order valence-electron chi connectivity index (χ2n) is 11.8. The van der Waals surface area contributed by atoms with Gasteiger partial charge in [-0.1, -0.05) is 109 Å². The Kier molecular flexibility index (Phi) is 8.53. The van der Waals surface area contributed by atoms with Crippen LogP contribution in [0.15, 0.2) is 158 Å². The van der Waals surface area contributed by atoms with Crippen LogP contribution in [-0.4, -0.2) is 8.07 Å². The first kappa shape index (κ1) is 31.9. The molecular formula is C42H26F6Si.